The van der Waals surface area contributed by atoms with E-state index in [4.69, 9.17) is 4.42 Å². The number of hydrogen-bond acceptors (Lipinski definition) is 4. The zero-order chi connectivity index (χ0) is 16.4. The van der Waals surface area contributed by atoms with E-state index in [1.165, 1.54) is 6.26 Å². The molecule has 1 aromatic rings. The first kappa shape index (κ1) is 15.6. The average Bonchev–Trinajstić information content (AvgIpc) is 3.24. The molecule has 7 nitrogen and oxygen atoms in total. The van der Waals surface area contributed by atoms with E-state index < -0.39 is 11.8 Å². The molecular weight excluding hydrogens is 298 g/mol. The van der Waals surface area contributed by atoms with Crippen LogP contribution in [0.1, 0.15) is 29.0 Å². The maximum absolute atomic E-state index is 12.4. The highest BCUT2D eigenvalue weighted by Crippen LogP contribution is 2.15. The van der Waals surface area contributed by atoms with E-state index in [2.05, 4.69) is 0 Å². The fourth-order valence-corrected chi connectivity index (χ4v) is 3.04. The second kappa shape index (κ2) is 6.44. The fourth-order valence-electron chi connectivity index (χ4n) is 3.04. The van der Waals surface area contributed by atoms with Gasteiger partial charge in [0.25, 0.3) is 5.91 Å². The van der Waals surface area contributed by atoms with Gasteiger partial charge in [0.1, 0.15) is 0 Å². The molecule has 2 fully saturated rings. The number of carbonyl (C=O) groups is 3. The van der Waals surface area contributed by atoms with Crippen LogP contribution >= 0.6 is 0 Å². The van der Waals surface area contributed by atoms with Gasteiger partial charge in [-0.2, -0.15) is 0 Å². The second-order valence-electron chi connectivity index (χ2n) is 6.02. The first-order valence-electron chi connectivity index (χ1n) is 7.99. The van der Waals surface area contributed by atoms with Gasteiger partial charge in [0.15, 0.2) is 5.76 Å². The summed E-state index contributed by atoms with van der Waals surface area (Å²) in [7, 11) is 0. The SMILES string of the molecule is Cc1ccoc1C(=O)N1CCN(C(=O)C(=O)N2CCCC2)CC1. The van der Waals surface area contributed by atoms with Crippen molar-refractivity contribution in [3.05, 3.63) is 23.7 Å². The third kappa shape index (κ3) is 3.09. The Kier molecular flexibility index (Phi) is 4.36. The monoisotopic (exact) mass is 319 g/mol. The van der Waals surface area contributed by atoms with Crippen LogP contribution in [0.25, 0.3) is 0 Å². The molecule has 0 aliphatic carbocycles. The number of furan rings is 1. The second-order valence-corrected chi connectivity index (χ2v) is 6.02. The van der Waals surface area contributed by atoms with Crippen molar-refractivity contribution >= 4 is 17.7 Å². The Labute approximate surface area is 134 Å². The summed E-state index contributed by atoms with van der Waals surface area (Å²) in [6, 6.07) is 1.75. The summed E-state index contributed by atoms with van der Waals surface area (Å²) in [6.45, 7) is 4.75. The van der Waals surface area contributed by atoms with Crippen LogP contribution in [0.2, 0.25) is 0 Å². The number of hydrogen-bond donors (Lipinski definition) is 0. The summed E-state index contributed by atoms with van der Waals surface area (Å²) < 4.78 is 5.23. The van der Waals surface area contributed by atoms with Crippen molar-refractivity contribution in [2.45, 2.75) is 19.8 Å². The Morgan fingerprint density at radius 3 is 1.91 bits per heavy atom. The van der Waals surface area contributed by atoms with Crippen molar-refractivity contribution in [2.75, 3.05) is 39.3 Å². The molecule has 3 heterocycles. The highest BCUT2D eigenvalue weighted by Gasteiger charge is 2.32. The number of likely N-dealkylation sites (tertiary alicyclic amines) is 1. The zero-order valence-electron chi connectivity index (χ0n) is 13.3. The number of carbonyl (C=O) groups excluding carboxylic acids is 3. The average molecular weight is 319 g/mol. The van der Waals surface area contributed by atoms with E-state index in [9.17, 15) is 14.4 Å². The molecule has 3 amide bonds. The van der Waals surface area contributed by atoms with E-state index >= 15 is 0 Å². The molecule has 0 radical (unpaired) electrons. The van der Waals surface area contributed by atoms with Gasteiger partial charge in [-0.1, -0.05) is 0 Å². The smallest absolute Gasteiger partial charge is 0.312 e. The molecule has 23 heavy (non-hydrogen) atoms. The standard InChI is InChI=1S/C16H21N3O4/c1-12-4-11-23-13(12)14(20)18-7-9-19(10-8-18)16(22)15(21)17-5-2-3-6-17/h4,11H,2-3,5-10H2,1H3. The molecule has 0 unspecified atom stereocenters. The van der Waals surface area contributed by atoms with Crippen LogP contribution in [0, 0.1) is 6.92 Å². The van der Waals surface area contributed by atoms with Gasteiger partial charge in [0, 0.05) is 44.8 Å². The van der Waals surface area contributed by atoms with Crippen molar-refractivity contribution in [2.24, 2.45) is 0 Å². The van der Waals surface area contributed by atoms with Crippen LogP contribution in [0.5, 0.6) is 0 Å². The molecule has 0 spiro atoms. The minimum absolute atomic E-state index is 0.162. The molecule has 2 saturated heterocycles. The Bertz CT molecular complexity index is 611. The lowest BCUT2D eigenvalue weighted by atomic mass is 10.2. The minimum atomic E-state index is -0.451. The number of rotatable bonds is 1. The highest BCUT2D eigenvalue weighted by atomic mass is 16.3. The van der Waals surface area contributed by atoms with Gasteiger partial charge in [-0.05, 0) is 25.8 Å². The van der Waals surface area contributed by atoms with Gasteiger partial charge in [0.2, 0.25) is 0 Å². The molecule has 3 rings (SSSR count). The third-order valence-electron chi connectivity index (χ3n) is 4.49. The lowest BCUT2D eigenvalue weighted by Gasteiger charge is -2.34. The summed E-state index contributed by atoms with van der Waals surface area (Å²) in [5.41, 5.74) is 0.803. The maximum Gasteiger partial charge on any atom is 0.312 e. The maximum atomic E-state index is 12.4. The van der Waals surface area contributed by atoms with E-state index in [-0.39, 0.29) is 5.91 Å². The van der Waals surface area contributed by atoms with E-state index in [0.29, 0.717) is 45.0 Å². The van der Waals surface area contributed by atoms with Crippen molar-refractivity contribution < 1.29 is 18.8 Å². The van der Waals surface area contributed by atoms with E-state index in [0.717, 1.165) is 18.4 Å². The van der Waals surface area contributed by atoms with Crippen LogP contribution < -0.4 is 0 Å². The highest BCUT2D eigenvalue weighted by molar-refractivity contribution is 6.35. The Morgan fingerprint density at radius 2 is 1.39 bits per heavy atom. The summed E-state index contributed by atoms with van der Waals surface area (Å²) >= 11 is 0. The predicted molar refractivity (Wildman–Crippen MR) is 81.7 cm³/mol. The van der Waals surface area contributed by atoms with Crippen molar-refractivity contribution in [3.63, 3.8) is 0 Å². The van der Waals surface area contributed by atoms with Crippen LogP contribution in [0.15, 0.2) is 16.7 Å². The van der Waals surface area contributed by atoms with Gasteiger partial charge in [-0.3, -0.25) is 14.4 Å². The first-order chi connectivity index (χ1) is 11.1. The Balaban J connectivity index is 1.56. The van der Waals surface area contributed by atoms with E-state index in [1.807, 2.05) is 6.92 Å². The van der Waals surface area contributed by atoms with Crippen molar-refractivity contribution in [1.82, 2.24) is 14.7 Å². The summed E-state index contributed by atoms with van der Waals surface area (Å²) in [5, 5.41) is 0. The molecular formula is C16H21N3O4. The van der Waals surface area contributed by atoms with Gasteiger partial charge < -0.3 is 19.1 Å². The van der Waals surface area contributed by atoms with Crippen molar-refractivity contribution in [1.29, 1.82) is 0 Å². The largest absolute Gasteiger partial charge is 0.459 e. The molecule has 2 aliphatic heterocycles. The fraction of sp³-hybridized carbons (Fsp3) is 0.562. The predicted octanol–water partition coefficient (Wildman–Crippen LogP) is 0.495. The molecule has 0 saturated carbocycles. The van der Waals surface area contributed by atoms with Crippen molar-refractivity contribution in [3.8, 4) is 0 Å². The molecule has 1 aromatic heterocycles. The van der Waals surface area contributed by atoms with Crippen LogP contribution in [0.3, 0.4) is 0 Å². The van der Waals surface area contributed by atoms with E-state index in [1.54, 1.807) is 20.8 Å². The summed E-state index contributed by atoms with van der Waals surface area (Å²) in [5.74, 6) is -0.680. The molecule has 2 aliphatic rings. The van der Waals surface area contributed by atoms with Crippen LogP contribution in [0.4, 0.5) is 0 Å². The lowest BCUT2D eigenvalue weighted by molar-refractivity contribution is -0.152. The summed E-state index contributed by atoms with van der Waals surface area (Å²) in [6.07, 6.45) is 3.42. The van der Waals surface area contributed by atoms with Gasteiger partial charge in [-0.25, -0.2) is 0 Å². The molecule has 0 atom stereocenters. The van der Waals surface area contributed by atoms with Crippen LogP contribution in [-0.4, -0.2) is 71.7 Å². The Morgan fingerprint density at radius 1 is 0.870 bits per heavy atom. The molecule has 0 aromatic carbocycles. The van der Waals surface area contributed by atoms with Gasteiger partial charge in [0.05, 0.1) is 6.26 Å². The molecule has 124 valence electrons. The summed E-state index contributed by atoms with van der Waals surface area (Å²) in [4.78, 5) is 41.6. The normalized spacial score (nSPS) is 18.4. The Hall–Kier alpha value is -2.31. The van der Waals surface area contributed by atoms with Gasteiger partial charge >= 0.3 is 11.8 Å². The number of piperazine rings is 1. The van der Waals surface area contributed by atoms with Gasteiger partial charge in [-0.15, -0.1) is 0 Å². The zero-order valence-corrected chi connectivity index (χ0v) is 13.3. The molecule has 0 bridgehead atoms. The third-order valence-corrected chi connectivity index (χ3v) is 4.49. The minimum Gasteiger partial charge on any atom is -0.459 e. The number of nitrogens with zero attached hydrogens (tertiary/aromatic N) is 3. The molecule has 0 N–H and O–H groups in total. The first-order valence-corrected chi connectivity index (χ1v) is 7.99. The number of aryl methyl sites for hydroxylation is 1. The number of amides is 3. The topological polar surface area (TPSA) is 74.1 Å². The van der Waals surface area contributed by atoms with Crippen LogP contribution in [-0.2, 0) is 9.59 Å². The lowest BCUT2D eigenvalue weighted by Crippen LogP contribution is -2.54. The quantitative estimate of drug-likeness (QED) is 0.706. The molecule has 7 heteroatoms.